The Morgan fingerprint density at radius 3 is 1.24 bits per heavy atom. The van der Waals surface area contributed by atoms with Gasteiger partial charge in [-0.1, -0.05) is 24.3 Å². The number of piperazine rings is 2. The molecule has 0 aliphatic carbocycles. The molecule has 20 heteroatoms. The number of allylic oxidation sites excluding steroid dienone is 2. The summed E-state index contributed by atoms with van der Waals surface area (Å²) >= 11 is 0. The molecule has 2 fully saturated rings. The molecule has 8 heterocycles. The van der Waals surface area contributed by atoms with Gasteiger partial charge in [0.25, 0.3) is 11.1 Å². The molecule has 2 saturated heterocycles. The number of nitrogens with one attached hydrogen (secondary N) is 2. The summed E-state index contributed by atoms with van der Waals surface area (Å²) < 4.78 is 6.32. The lowest BCUT2D eigenvalue weighted by molar-refractivity contribution is 0.0733. The van der Waals surface area contributed by atoms with Crippen LogP contribution < -0.4 is 31.6 Å². The van der Waals surface area contributed by atoms with Crippen molar-refractivity contribution < 1.29 is 10.2 Å². The maximum atomic E-state index is 13.2. The molecule has 8 aromatic rings. The van der Waals surface area contributed by atoms with Crippen molar-refractivity contribution >= 4 is 56.7 Å². The van der Waals surface area contributed by atoms with Crippen LogP contribution in [-0.4, -0.2) is 135 Å². The van der Waals surface area contributed by atoms with Gasteiger partial charge in [-0.05, 0) is 115 Å². The molecule has 4 N–H and O–H groups in total. The molecule has 0 atom stereocenters. The van der Waals surface area contributed by atoms with E-state index in [1.165, 1.54) is 33.1 Å². The van der Waals surface area contributed by atoms with E-state index in [2.05, 4.69) is 102 Å². The van der Waals surface area contributed by atoms with Gasteiger partial charge in [0.15, 0.2) is 22.9 Å². The fraction of sp³-hybridized carbons (Fsp3) is 0.333. The number of aromatic nitrogens is 10. The maximum absolute atomic E-state index is 13.2. The van der Waals surface area contributed by atoms with Gasteiger partial charge in [-0.15, -0.1) is 13.2 Å². The van der Waals surface area contributed by atoms with Crippen LogP contribution in [-0.2, 0) is 24.3 Å². The molecule has 0 radical (unpaired) electrons. The average molecular weight is 1000 g/mol. The zero-order valence-electron chi connectivity index (χ0n) is 42.8. The third kappa shape index (κ3) is 11.0. The van der Waals surface area contributed by atoms with Crippen molar-refractivity contribution in [3.63, 3.8) is 0 Å². The summed E-state index contributed by atoms with van der Waals surface area (Å²) in [6.45, 7) is 23.0. The number of likely N-dealkylation sites (N-methyl/N-ethyl adjacent to an activating group) is 2. The largest absolute Gasteiger partial charge is 0.384 e. The van der Waals surface area contributed by atoms with Gasteiger partial charge < -0.3 is 40.4 Å². The monoisotopic (exact) mass is 1000 g/mol. The molecule has 2 aromatic carbocycles. The third-order valence-corrected chi connectivity index (χ3v) is 13.1. The lowest BCUT2D eigenvalue weighted by atomic mass is 10.1. The molecule has 6 aromatic heterocycles. The van der Waals surface area contributed by atoms with E-state index in [1.807, 2.05) is 24.3 Å². The molecule has 0 amide bonds. The van der Waals surface area contributed by atoms with E-state index >= 15 is 0 Å². The first-order chi connectivity index (χ1) is 35.5. The molecule has 10 rings (SSSR count). The Morgan fingerprint density at radius 2 is 0.905 bits per heavy atom. The quantitative estimate of drug-likeness (QED) is 0.0954. The van der Waals surface area contributed by atoms with Crippen molar-refractivity contribution in [1.29, 1.82) is 0 Å². The fourth-order valence-corrected chi connectivity index (χ4v) is 8.88. The average Bonchev–Trinajstić information content (AvgIpc) is 3.82. The van der Waals surface area contributed by atoms with Crippen molar-refractivity contribution in [3.05, 3.63) is 155 Å². The predicted molar refractivity (Wildman–Crippen MR) is 292 cm³/mol. The maximum Gasteiger partial charge on any atom is 0.278 e. The highest BCUT2D eigenvalue weighted by Crippen LogP contribution is 2.26. The standard InChI is InChI=1S/2C27H32N8O2/c2*1-5-13-34-25(36)21-18-28-26(29-19-9-11-20(12-10-19)33-16-14-32(4)15-17-33)31-24(21)35(34)23-8-6-7-22(30-23)27(2,3)37/h2*5-12,18,37H,1,13-17H2,2-4H3,(H,28,29,31). The van der Waals surface area contributed by atoms with Crippen LogP contribution in [0, 0.1) is 0 Å². The van der Waals surface area contributed by atoms with Crippen LogP contribution in [0.25, 0.3) is 33.7 Å². The van der Waals surface area contributed by atoms with Crippen LogP contribution in [0.15, 0.2) is 132 Å². The number of rotatable bonds is 14. The predicted octanol–water partition coefficient (Wildman–Crippen LogP) is 5.77. The Balaban J connectivity index is 0.000000182. The number of nitrogens with zero attached hydrogens (tertiary/aromatic N) is 14. The molecule has 0 saturated carbocycles. The molecule has 0 unspecified atom stereocenters. The number of pyridine rings is 2. The third-order valence-electron chi connectivity index (χ3n) is 13.1. The summed E-state index contributed by atoms with van der Waals surface area (Å²) in [5.74, 6) is 1.66. The second-order valence-electron chi connectivity index (χ2n) is 19.6. The number of fused-ring (bicyclic) bond motifs is 2. The summed E-state index contributed by atoms with van der Waals surface area (Å²) in [7, 11) is 4.29. The molecule has 384 valence electrons. The van der Waals surface area contributed by atoms with E-state index < -0.39 is 11.2 Å². The number of hydrogen-bond donors (Lipinski definition) is 4. The van der Waals surface area contributed by atoms with E-state index in [0.717, 1.165) is 63.7 Å². The summed E-state index contributed by atoms with van der Waals surface area (Å²) in [6, 6.07) is 27.0. The smallest absolute Gasteiger partial charge is 0.278 e. The van der Waals surface area contributed by atoms with Crippen molar-refractivity contribution in [1.82, 2.24) is 58.4 Å². The summed E-state index contributed by atoms with van der Waals surface area (Å²) in [5.41, 5.74) is 3.10. The van der Waals surface area contributed by atoms with Crippen molar-refractivity contribution in [2.24, 2.45) is 0 Å². The Hall–Kier alpha value is -8.04. The lowest BCUT2D eigenvalue weighted by Crippen LogP contribution is -2.44. The molecule has 2 aliphatic heterocycles. The topological polar surface area (TPSA) is 209 Å². The van der Waals surface area contributed by atoms with Crippen LogP contribution in [0.1, 0.15) is 39.1 Å². The summed E-state index contributed by atoms with van der Waals surface area (Å²) in [6.07, 6.45) is 6.35. The van der Waals surface area contributed by atoms with E-state index in [1.54, 1.807) is 85.6 Å². The van der Waals surface area contributed by atoms with E-state index in [0.29, 0.717) is 57.0 Å². The second-order valence-corrected chi connectivity index (χ2v) is 19.6. The Labute approximate surface area is 429 Å². The first-order valence-electron chi connectivity index (χ1n) is 24.7. The van der Waals surface area contributed by atoms with Crippen LogP contribution >= 0.6 is 0 Å². The molecule has 2 aliphatic rings. The number of benzene rings is 2. The van der Waals surface area contributed by atoms with Gasteiger partial charge in [-0.2, -0.15) is 9.97 Å². The lowest BCUT2D eigenvalue weighted by Gasteiger charge is -2.34. The van der Waals surface area contributed by atoms with E-state index in [9.17, 15) is 19.8 Å². The highest BCUT2D eigenvalue weighted by atomic mass is 16.3. The van der Waals surface area contributed by atoms with Gasteiger partial charge in [-0.25, -0.2) is 38.7 Å². The number of anilines is 6. The minimum atomic E-state index is -1.14. The Bertz CT molecular complexity index is 3180. The van der Waals surface area contributed by atoms with Gasteiger partial charge in [-0.3, -0.25) is 9.59 Å². The Kier molecular flexibility index (Phi) is 14.6. The highest BCUT2D eigenvalue weighted by Gasteiger charge is 2.24. The van der Waals surface area contributed by atoms with E-state index in [-0.39, 0.29) is 24.2 Å². The fourth-order valence-electron chi connectivity index (χ4n) is 8.88. The SMILES string of the molecule is C=CCn1c(=O)c2cnc(Nc3ccc(N4CCN(C)CC4)cc3)nc2n1-c1cccc(C(C)(C)O)n1.C=CCn1c(=O)c2cnc(Nc3ccc(N4CCN(C)CC4)cc3)nc2n1-c1cccc(C(C)(C)O)n1. The van der Waals surface area contributed by atoms with E-state index in [4.69, 9.17) is 9.97 Å². The van der Waals surface area contributed by atoms with Crippen LogP contribution in [0.3, 0.4) is 0 Å². The first kappa shape index (κ1) is 50.9. The zero-order valence-corrected chi connectivity index (χ0v) is 42.8. The van der Waals surface area contributed by atoms with Crippen molar-refractivity contribution in [2.75, 3.05) is 86.9 Å². The molecule has 74 heavy (non-hydrogen) atoms. The number of aliphatic hydroxyl groups is 2. The van der Waals surface area contributed by atoms with Crippen molar-refractivity contribution in [2.45, 2.75) is 52.0 Å². The Morgan fingerprint density at radius 1 is 0.541 bits per heavy atom. The second kappa shape index (κ2) is 21.2. The zero-order chi connectivity index (χ0) is 52.3. The van der Waals surface area contributed by atoms with Gasteiger partial charge in [0.05, 0.1) is 24.5 Å². The first-order valence-corrected chi connectivity index (χ1v) is 24.7. The summed E-state index contributed by atoms with van der Waals surface area (Å²) in [4.78, 5) is 63.2. The van der Waals surface area contributed by atoms with Gasteiger partial charge in [0.2, 0.25) is 11.9 Å². The molecular formula is C54H64N16O4. The minimum Gasteiger partial charge on any atom is -0.384 e. The van der Waals surface area contributed by atoms with Crippen LogP contribution in [0.5, 0.6) is 0 Å². The van der Waals surface area contributed by atoms with Crippen LogP contribution in [0.4, 0.5) is 34.6 Å². The van der Waals surface area contributed by atoms with Gasteiger partial charge >= 0.3 is 0 Å². The van der Waals surface area contributed by atoms with Gasteiger partial charge in [0, 0.05) is 87.5 Å². The van der Waals surface area contributed by atoms with Gasteiger partial charge in [0.1, 0.15) is 22.0 Å². The molecule has 20 nitrogen and oxygen atoms in total. The molecule has 0 bridgehead atoms. The van der Waals surface area contributed by atoms with Crippen LogP contribution in [0.2, 0.25) is 0 Å². The molecule has 0 spiro atoms. The normalized spacial score (nSPS) is 14.8. The van der Waals surface area contributed by atoms with Crippen molar-refractivity contribution in [3.8, 4) is 11.6 Å². The highest BCUT2D eigenvalue weighted by molar-refractivity contribution is 5.78. The number of hydrogen-bond acceptors (Lipinski definition) is 16. The molecular weight excluding hydrogens is 937 g/mol. The summed E-state index contributed by atoms with van der Waals surface area (Å²) in [5, 5.41) is 28.2. The minimum absolute atomic E-state index is 0.242.